The van der Waals surface area contributed by atoms with Crippen LogP contribution in [-0.2, 0) is 0 Å². The molecule has 0 rings (SSSR count). The molecule has 0 bridgehead atoms. The molecule has 0 heterocycles. The minimum Gasteiger partial charge on any atom is -0.412 e. The Balaban J connectivity index is -0.0000000400. The number of hydrogen-bond donors (Lipinski definition) is 0. The van der Waals surface area contributed by atoms with Crippen molar-refractivity contribution in [1.29, 1.82) is 0 Å². The maximum absolute atomic E-state index is 8.49. The SMILES string of the molecule is O.[In+3].[O-][Cl+3]([O-])([O-])[O-].[O-][Cl+3]([O-])([O-])[O-].[O-][Cl+3]([O-])([O-])[O-]. The fourth-order valence-electron chi connectivity index (χ4n) is 0. The fourth-order valence-corrected chi connectivity index (χ4v) is 0. The third-order valence-electron chi connectivity index (χ3n) is 0. The van der Waals surface area contributed by atoms with E-state index in [4.69, 9.17) is 55.9 Å². The second kappa shape index (κ2) is 12.3. The molecule has 0 aliphatic carbocycles. The van der Waals surface area contributed by atoms with Gasteiger partial charge in [-0.1, -0.05) is 0 Å². The van der Waals surface area contributed by atoms with Crippen LogP contribution >= 0.6 is 0 Å². The molecule has 17 heteroatoms. The second-order valence-electron chi connectivity index (χ2n) is 1.13. The molecule has 0 aliphatic heterocycles. The van der Waals surface area contributed by atoms with E-state index in [0.717, 1.165) is 0 Å². The summed E-state index contributed by atoms with van der Waals surface area (Å²) in [6.07, 6.45) is 0. The maximum Gasteiger partial charge on any atom is 3.00 e. The third kappa shape index (κ3) is 2680. The monoisotopic (exact) mass is 430 g/mol. The van der Waals surface area contributed by atoms with Gasteiger partial charge < -0.3 is 5.48 Å². The van der Waals surface area contributed by atoms with Crippen LogP contribution in [0.15, 0.2) is 0 Å². The molecule has 0 amide bonds. The minimum absolute atomic E-state index is 0. The van der Waals surface area contributed by atoms with Crippen LogP contribution in [0.25, 0.3) is 0 Å². The summed E-state index contributed by atoms with van der Waals surface area (Å²) in [6, 6.07) is 0. The molecule has 0 aliphatic rings. The Bertz CT molecular complexity index is 91.7. The van der Waals surface area contributed by atoms with Gasteiger partial charge in [0.2, 0.25) is 0 Å². The Labute approximate surface area is 118 Å². The Hall–Kier alpha value is 1.22. The zero-order valence-corrected chi connectivity index (χ0v) is 12.7. The second-order valence-corrected chi connectivity index (χ2v) is 3.40. The summed E-state index contributed by atoms with van der Waals surface area (Å²) in [4.78, 5) is 0. The van der Waals surface area contributed by atoms with Crippen LogP contribution < -0.4 is 55.9 Å². The van der Waals surface area contributed by atoms with Crippen molar-refractivity contribution in [3.05, 3.63) is 0 Å². The summed E-state index contributed by atoms with van der Waals surface area (Å²) < 4.78 is 102. The van der Waals surface area contributed by atoms with Gasteiger partial charge in [-0.25, -0.2) is 55.9 Å². The van der Waals surface area contributed by atoms with Crippen LogP contribution in [0.5, 0.6) is 0 Å². The van der Waals surface area contributed by atoms with Crippen LogP contribution in [0.3, 0.4) is 0 Å². The van der Waals surface area contributed by atoms with Gasteiger partial charge in [-0.2, -0.15) is 0 Å². The average Bonchev–Trinajstić information content (AvgIpc) is 1.41. The van der Waals surface area contributed by atoms with Crippen molar-refractivity contribution in [2.24, 2.45) is 0 Å². The van der Waals surface area contributed by atoms with Crippen LogP contribution in [0, 0.1) is 30.7 Å². The molecule has 0 saturated carbocycles. The Morgan fingerprint density at radius 2 is 0.353 bits per heavy atom. The Morgan fingerprint density at radius 1 is 0.353 bits per heavy atom. The van der Waals surface area contributed by atoms with E-state index in [1.54, 1.807) is 0 Å². The maximum atomic E-state index is 8.49. The van der Waals surface area contributed by atoms with E-state index in [1.807, 2.05) is 0 Å². The molecular formula is H2Cl3InO13. The molecule has 0 spiro atoms. The molecule has 0 radical (unpaired) electrons. The molecule has 2 N–H and O–H groups in total. The molecule has 0 aromatic heterocycles. The average molecular weight is 431 g/mol. The van der Waals surface area contributed by atoms with E-state index >= 15 is 0 Å². The van der Waals surface area contributed by atoms with Crippen molar-refractivity contribution < 1.29 is 92.1 Å². The summed E-state index contributed by atoms with van der Waals surface area (Å²) in [6.45, 7) is 0. The van der Waals surface area contributed by atoms with Gasteiger partial charge in [-0.15, -0.1) is 30.7 Å². The molecule has 17 heavy (non-hydrogen) atoms. The van der Waals surface area contributed by atoms with E-state index in [9.17, 15) is 0 Å². The molecule has 104 valence electrons. The summed E-state index contributed by atoms with van der Waals surface area (Å²) in [5.41, 5.74) is 0. The zero-order valence-electron chi connectivity index (χ0n) is 7.11. The molecular weight excluding hydrogens is 429 g/mol. The van der Waals surface area contributed by atoms with Gasteiger partial charge in [0, 0.05) is 0 Å². The van der Waals surface area contributed by atoms with Crippen molar-refractivity contribution in [2.75, 3.05) is 0 Å². The number of hydrogen-bond acceptors (Lipinski definition) is 12. The summed E-state index contributed by atoms with van der Waals surface area (Å²) in [7, 11) is -14.8. The Morgan fingerprint density at radius 3 is 0.353 bits per heavy atom. The first kappa shape index (κ1) is 30.9. The van der Waals surface area contributed by atoms with Gasteiger partial charge in [0.1, 0.15) is 0 Å². The van der Waals surface area contributed by atoms with Crippen molar-refractivity contribution in [2.45, 2.75) is 0 Å². The standard InChI is InChI=1S/3ClHO4.In.H2O/c3*2-1(3,4)5;;/h3*(H,2,3,4,5);;1H2/q;;;+3;/p-3. The van der Waals surface area contributed by atoms with Crippen LogP contribution in [-0.4, -0.2) is 31.3 Å². The summed E-state index contributed by atoms with van der Waals surface area (Å²) >= 11 is 0. The molecule has 0 aromatic carbocycles. The van der Waals surface area contributed by atoms with E-state index in [-0.39, 0.29) is 31.3 Å². The van der Waals surface area contributed by atoms with Crippen LogP contribution in [0.2, 0.25) is 0 Å². The first-order chi connectivity index (χ1) is 6.00. The van der Waals surface area contributed by atoms with Gasteiger partial charge >= 0.3 is 25.8 Å². The van der Waals surface area contributed by atoms with Gasteiger partial charge in [0.15, 0.2) is 0 Å². The van der Waals surface area contributed by atoms with Crippen LogP contribution in [0.1, 0.15) is 0 Å². The topological polar surface area (TPSA) is 308 Å². The van der Waals surface area contributed by atoms with Crippen molar-refractivity contribution >= 4 is 25.8 Å². The number of rotatable bonds is 0. The van der Waals surface area contributed by atoms with Gasteiger partial charge in [0.25, 0.3) is 0 Å². The molecule has 0 atom stereocenters. The minimum atomic E-state index is -4.94. The van der Waals surface area contributed by atoms with Gasteiger partial charge in [0.05, 0.1) is 0 Å². The third-order valence-corrected chi connectivity index (χ3v) is 0. The van der Waals surface area contributed by atoms with Gasteiger partial charge in [-0.3, -0.25) is 0 Å². The molecule has 0 unspecified atom stereocenters. The van der Waals surface area contributed by atoms with Gasteiger partial charge in [-0.05, 0) is 0 Å². The predicted octanol–water partition coefficient (Wildman–Crippen LogP) is -15.5. The first-order valence-corrected chi connectivity index (χ1v) is 5.55. The van der Waals surface area contributed by atoms with E-state index in [2.05, 4.69) is 0 Å². The van der Waals surface area contributed by atoms with E-state index in [1.165, 1.54) is 0 Å². The molecule has 0 fully saturated rings. The van der Waals surface area contributed by atoms with Crippen molar-refractivity contribution in [3.63, 3.8) is 0 Å². The van der Waals surface area contributed by atoms with Crippen LogP contribution in [0.4, 0.5) is 0 Å². The molecule has 13 nitrogen and oxygen atoms in total. The van der Waals surface area contributed by atoms with E-state index in [0.29, 0.717) is 0 Å². The fraction of sp³-hybridized carbons (Fsp3) is 0. The summed E-state index contributed by atoms with van der Waals surface area (Å²) in [5, 5.41) is 0. The Kier molecular flexibility index (Phi) is 22.3. The normalized spacial score (nSPS) is 10.6. The van der Waals surface area contributed by atoms with E-state index < -0.39 is 30.7 Å². The first-order valence-electron chi connectivity index (χ1n) is 1.85. The molecule has 0 aromatic rings. The largest absolute Gasteiger partial charge is 3.00 e. The molecule has 0 saturated heterocycles. The van der Waals surface area contributed by atoms with Crippen molar-refractivity contribution in [3.8, 4) is 0 Å². The van der Waals surface area contributed by atoms with Crippen molar-refractivity contribution in [1.82, 2.24) is 0 Å². The zero-order chi connectivity index (χ0) is 13.5. The predicted molar refractivity (Wildman–Crippen MR) is 9.37 cm³/mol. The quantitative estimate of drug-likeness (QED) is 0.345. The summed E-state index contributed by atoms with van der Waals surface area (Å²) in [5.74, 6) is 0. The smallest absolute Gasteiger partial charge is 0.412 e. The number of halogens is 3.